The molecule has 2 nitrogen and oxygen atoms in total. The molecule has 1 aliphatic heterocycles. The fourth-order valence-electron chi connectivity index (χ4n) is 0.608. The molecule has 8 heavy (non-hydrogen) atoms. The van der Waals surface area contributed by atoms with Crippen molar-refractivity contribution in [3.05, 3.63) is 0 Å². The molecule has 0 spiro atoms. The van der Waals surface area contributed by atoms with E-state index >= 15 is 0 Å². The van der Waals surface area contributed by atoms with Crippen LogP contribution < -0.4 is 0 Å². The maximum Gasteiger partial charge on any atom is 0.635 e. The predicted molar refractivity (Wildman–Crippen MR) is 32.6 cm³/mol. The van der Waals surface area contributed by atoms with Gasteiger partial charge in [-0.25, -0.2) is 0 Å². The molecule has 0 aromatic heterocycles. The number of hydrogen-bond donors (Lipinski definition) is 0. The van der Waals surface area contributed by atoms with Gasteiger partial charge in [-0.05, 0) is 6.42 Å². The Morgan fingerprint density at radius 3 is 3.25 bits per heavy atom. The Kier molecular flexibility index (Phi) is 4.28. The van der Waals surface area contributed by atoms with Crippen LogP contribution in [0.4, 0.5) is 0 Å². The minimum Gasteiger partial charge on any atom is -0.626 e. The van der Waals surface area contributed by atoms with Crippen LogP contribution in [0.25, 0.3) is 0 Å². The van der Waals surface area contributed by atoms with Crippen molar-refractivity contribution >= 4 is 31.4 Å². The fraction of sp³-hybridized carbons (Fsp3) is 1.00. The molecule has 1 fully saturated rings. The maximum atomic E-state index is 5.22. The predicted octanol–water partition coefficient (Wildman–Crippen LogP) is 0.385. The lowest BCUT2D eigenvalue weighted by Gasteiger charge is -2.07. The molecule has 1 saturated heterocycles. The third-order valence-electron chi connectivity index (χ3n) is 1.05. The minimum atomic E-state index is -0.0920. The van der Waals surface area contributed by atoms with Gasteiger partial charge < -0.3 is 6.63 Å². The second-order valence-electron chi connectivity index (χ2n) is 1.77. The first-order chi connectivity index (χ1) is 4.00. The highest BCUT2D eigenvalue weighted by Crippen LogP contribution is 1.98. The zero-order chi connectivity index (χ0) is 5.66. The van der Waals surface area contributed by atoms with E-state index in [2.05, 4.69) is 0 Å². The molecule has 0 N–H and O–H groups in total. The lowest BCUT2D eigenvalue weighted by atomic mass is 10.4. The van der Waals surface area contributed by atoms with Gasteiger partial charge in [-0.2, -0.15) is 0 Å². The quantitative estimate of drug-likeness (QED) is 0.455. The van der Waals surface area contributed by atoms with Crippen LogP contribution in [0, 0.1) is 0 Å². The molecule has 0 aromatic rings. The van der Waals surface area contributed by atoms with Gasteiger partial charge in [0, 0.05) is 6.61 Å². The van der Waals surface area contributed by atoms with Gasteiger partial charge in [0.15, 0.2) is 0 Å². The Morgan fingerprint density at radius 1 is 1.25 bits per heavy atom. The highest BCUT2D eigenvalue weighted by Gasteiger charge is 2.02. The first kappa shape index (κ1) is 7.10. The van der Waals surface area contributed by atoms with Crippen LogP contribution in [-0.4, -0.2) is 38.0 Å². The van der Waals surface area contributed by atoms with Crippen molar-refractivity contribution in [2.24, 2.45) is 0 Å². The minimum absolute atomic E-state index is 0.0920. The van der Waals surface area contributed by atoms with Crippen LogP contribution in [0.2, 0.25) is 5.28 Å². The summed E-state index contributed by atoms with van der Waals surface area (Å²) in [6.45, 7) is 0.925. The first-order valence-electron chi connectivity index (χ1n) is 2.90. The van der Waals surface area contributed by atoms with Crippen molar-refractivity contribution in [2.75, 3.05) is 6.61 Å². The molecule has 2 radical (unpaired) electrons. The van der Waals surface area contributed by atoms with Crippen LogP contribution in [-0.2, 0) is 6.63 Å². The highest BCUT2D eigenvalue weighted by molar-refractivity contribution is 6.39. The lowest BCUT2D eigenvalue weighted by Crippen LogP contribution is -2.12. The van der Waals surface area contributed by atoms with Crippen LogP contribution in [0.3, 0.4) is 0 Å². The van der Waals surface area contributed by atoms with E-state index < -0.39 is 0 Å². The van der Waals surface area contributed by atoms with Gasteiger partial charge in [0.05, 0.1) is 0 Å². The molecule has 4 heteroatoms. The standard InChI is InChI=1S/C4H8O.2Al.O/c1-2-3-4-5;;;/h1-4H2;;;/q-1;;+1;. The first-order valence-corrected chi connectivity index (χ1v) is 5.13. The fourth-order valence-corrected chi connectivity index (χ4v) is 2.50. The van der Waals surface area contributed by atoms with Gasteiger partial charge in [0.2, 0.25) is 0 Å². The molecule has 0 unspecified atom stereocenters. The van der Waals surface area contributed by atoms with Gasteiger partial charge in [0.1, 0.15) is 0 Å². The van der Waals surface area contributed by atoms with E-state index in [0.29, 0.717) is 0 Å². The maximum absolute atomic E-state index is 5.22. The normalized spacial score (nSPS) is 22.0. The summed E-state index contributed by atoms with van der Waals surface area (Å²) >= 11 is 0.191. The van der Waals surface area contributed by atoms with E-state index in [9.17, 15) is 0 Å². The number of hydrogen-bond acceptors (Lipinski definition) is 2. The van der Waals surface area contributed by atoms with Crippen molar-refractivity contribution in [1.82, 2.24) is 0 Å². The van der Waals surface area contributed by atoms with Gasteiger partial charge in [0.25, 0.3) is 0 Å². The summed E-state index contributed by atoms with van der Waals surface area (Å²) in [5.41, 5.74) is 0. The van der Waals surface area contributed by atoms with E-state index in [-0.39, 0.29) is 31.4 Å². The van der Waals surface area contributed by atoms with E-state index in [1.807, 2.05) is 0 Å². The summed E-state index contributed by atoms with van der Waals surface area (Å²) in [4.78, 5) is 0. The van der Waals surface area contributed by atoms with Gasteiger partial charge in [-0.1, -0.05) is 11.7 Å². The molecule has 42 valence electrons. The summed E-state index contributed by atoms with van der Waals surface area (Å²) in [5, 5.41) is 1.30. The average molecular weight is 142 g/mol. The molecule has 0 atom stereocenters. The largest absolute Gasteiger partial charge is 0.635 e. The molecule has 1 heterocycles. The Labute approximate surface area is 63.0 Å². The molecule has 1 rings (SSSR count). The average Bonchev–Trinajstić information content (AvgIpc) is 1.62. The summed E-state index contributed by atoms with van der Waals surface area (Å²) in [5.74, 6) is 0. The zero-order valence-electron chi connectivity index (χ0n) is 4.80. The van der Waals surface area contributed by atoms with Crippen molar-refractivity contribution in [3.8, 4) is 0 Å². The summed E-state index contributed by atoms with van der Waals surface area (Å²) < 4.78 is 10.4. The molecular weight excluding hydrogens is 134 g/mol. The monoisotopic (exact) mass is 142 g/mol. The topological polar surface area (TPSA) is 18.5 Å². The zero-order valence-corrected chi connectivity index (χ0v) is 7.11. The van der Waals surface area contributed by atoms with Crippen LogP contribution in [0.5, 0.6) is 0 Å². The Morgan fingerprint density at radius 2 is 2.25 bits per heavy atom. The second-order valence-corrected chi connectivity index (χ2v) is 4.29. The van der Waals surface area contributed by atoms with Gasteiger partial charge >= 0.3 is 31.4 Å². The molecule has 0 aliphatic carbocycles. The van der Waals surface area contributed by atoms with E-state index in [4.69, 9.17) is 6.63 Å². The van der Waals surface area contributed by atoms with Gasteiger partial charge in [-0.3, -0.25) is 0 Å². The van der Waals surface area contributed by atoms with Crippen molar-refractivity contribution in [3.63, 3.8) is 0 Å². The van der Waals surface area contributed by atoms with Crippen molar-refractivity contribution in [1.29, 1.82) is 0 Å². The van der Waals surface area contributed by atoms with Crippen LogP contribution in [0.1, 0.15) is 12.8 Å². The lowest BCUT2D eigenvalue weighted by molar-refractivity contribution is 0.278. The molecule has 0 bridgehead atoms. The van der Waals surface area contributed by atoms with Crippen LogP contribution in [0.15, 0.2) is 0 Å². The van der Waals surface area contributed by atoms with E-state index in [1.54, 1.807) is 0 Å². The van der Waals surface area contributed by atoms with E-state index in [1.165, 1.54) is 18.1 Å². The molecular formula is C4H8Al2O2. The van der Waals surface area contributed by atoms with Crippen molar-refractivity contribution in [2.45, 2.75) is 18.1 Å². The molecule has 0 saturated carbocycles. The van der Waals surface area contributed by atoms with Crippen molar-refractivity contribution < 1.29 is 6.63 Å². The van der Waals surface area contributed by atoms with Crippen LogP contribution >= 0.6 is 0 Å². The summed E-state index contributed by atoms with van der Waals surface area (Å²) in [6.07, 6.45) is 2.54. The Balaban J connectivity index is 2.00. The third-order valence-corrected chi connectivity index (χ3v) is 3.28. The Hall–Kier alpha value is 0.985. The smallest absolute Gasteiger partial charge is 0.626 e. The highest BCUT2D eigenvalue weighted by atomic mass is 27.2. The molecule has 0 amide bonds. The van der Waals surface area contributed by atoms with Gasteiger partial charge in [-0.15, -0.1) is 0 Å². The second kappa shape index (κ2) is 4.83. The number of rotatable bonds is 0. The molecule has 1 aliphatic rings. The Bertz CT molecular complexity index is 36.0. The molecule has 0 aromatic carbocycles. The summed E-state index contributed by atoms with van der Waals surface area (Å²) in [7, 11) is 0. The van der Waals surface area contributed by atoms with E-state index in [0.717, 1.165) is 6.61 Å². The third kappa shape index (κ3) is 3.10. The SMILES string of the molecule is C1C[CH2][Al][O][Al][O]C1. The summed E-state index contributed by atoms with van der Waals surface area (Å²) in [6, 6.07) is 0.